The molecule has 1 N–H and O–H groups in total. The minimum Gasteiger partial charge on any atom is -0.354 e. The van der Waals surface area contributed by atoms with Crippen LogP contribution in [0.5, 0.6) is 0 Å². The van der Waals surface area contributed by atoms with Gasteiger partial charge in [-0.3, -0.25) is 0 Å². The fraction of sp³-hybridized carbons (Fsp3) is 0.0270. The van der Waals surface area contributed by atoms with Gasteiger partial charge in [-0.2, -0.15) is 0 Å². The van der Waals surface area contributed by atoms with E-state index in [0.29, 0.717) is 0 Å². The highest BCUT2D eigenvalue weighted by Crippen LogP contribution is 2.51. The molecule has 0 fully saturated rings. The number of H-pyrrole nitrogens is 1. The number of para-hydroxylation sites is 1. The lowest BCUT2D eigenvalue weighted by atomic mass is 9.88. The molecule has 9 rings (SSSR count). The third kappa shape index (κ3) is 2.95. The van der Waals surface area contributed by atoms with Crippen molar-refractivity contribution in [1.82, 2.24) is 4.98 Å². The fourth-order valence-electron chi connectivity index (χ4n) is 6.83. The molecule has 8 aromatic rings. The Bertz CT molecular complexity index is 2230. The van der Waals surface area contributed by atoms with Gasteiger partial charge in [-0.05, 0) is 57.6 Å². The Hall–Kier alpha value is -4.66. The third-order valence-electron chi connectivity index (χ3n) is 8.48. The van der Waals surface area contributed by atoms with Gasteiger partial charge in [0.25, 0.3) is 0 Å². The molecular formula is C37H23NS. The van der Waals surface area contributed by atoms with Crippen molar-refractivity contribution >= 4 is 53.3 Å². The molecule has 0 aliphatic heterocycles. The van der Waals surface area contributed by atoms with E-state index in [-0.39, 0.29) is 5.92 Å². The van der Waals surface area contributed by atoms with Crippen molar-refractivity contribution in [3.8, 4) is 22.3 Å². The number of aromatic nitrogens is 1. The molecule has 182 valence electrons. The summed E-state index contributed by atoms with van der Waals surface area (Å²) >= 11 is 1.91. The molecule has 2 heteroatoms. The summed E-state index contributed by atoms with van der Waals surface area (Å²) < 4.78 is 2.70. The van der Waals surface area contributed by atoms with Gasteiger partial charge < -0.3 is 4.98 Å². The summed E-state index contributed by atoms with van der Waals surface area (Å²) in [7, 11) is 0. The Morgan fingerprint density at radius 2 is 1.28 bits per heavy atom. The second-order valence-electron chi connectivity index (χ2n) is 10.6. The maximum atomic E-state index is 3.74. The van der Waals surface area contributed by atoms with E-state index in [1.54, 1.807) is 0 Å². The van der Waals surface area contributed by atoms with Crippen molar-refractivity contribution in [2.24, 2.45) is 0 Å². The van der Waals surface area contributed by atoms with E-state index in [2.05, 4.69) is 132 Å². The van der Waals surface area contributed by atoms with Crippen LogP contribution in [-0.2, 0) is 0 Å². The highest BCUT2D eigenvalue weighted by Gasteiger charge is 2.30. The predicted molar refractivity (Wildman–Crippen MR) is 167 cm³/mol. The predicted octanol–water partition coefficient (Wildman–Crippen LogP) is 10.5. The average Bonchev–Trinajstić information content (AvgIpc) is 3.65. The van der Waals surface area contributed by atoms with Gasteiger partial charge in [0.1, 0.15) is 0 Å². The molecule has 1 aliphatic rings. The Morgan fingerprint density at radius 1 is 0.538 bits per heavy atom. The SMILES string of the molecule is c1ccc(C2c3ccccc3-c3cc(-c4c5sc6ccccc6c5cc5[nH]c6ccccc6c45)ccc32)cc1. The summed E-state index contributed by atoms with van der Waals surface area (Å²) in [6.07, 6.45) is 0. The highest BCUT2D eigenvalue weighted by atomic mass is 32.1. The minimum atomic E-state index is 0.264. The maximum absolute atomic E-state index is 3.74. The van der Waals surface area contributed by atoms with Gasteiger partial charge in [0, 0.05) is 53.5 Å². The minimum absolute atomic E-state index is 0.264. The number of hydrogen-bond donors (Lipinski definition) is 1. The van der Waals surface area contributed by atoms with Crippen molar-refractivity contribution < 1.29 is 0 Å². The molecule has 0 saturated heterocycles. The van der Waals surface area contributed by atoms with Gasteiger partial charge in [-0.15, -0.1) is 11.3 Å². The second kappa shape index (κ2) is 7.92. The van der Waals surface area contributed by atoms with E-state index < -0.39 is 0 Å². The Balaban J connectivity index is 1.39. The lowest BCUT2D eigenvalue weighted by Crippen LogP contribution is -1.98. The van der Waals surface area contributed by atoms with Crippen molar-refractivity contribution in [3.05, 3.63) is 144 Å². The van der Waals surface area contributed by atoms with Gasteiger partial charge >= 0.3 is 0 Å². The van der Waals surface area contributed by atoms with Crippen molar-refractivity contribution in [3.63, 3.8) is 0 Å². The van der Waals surface area contributed by atoms with Crippen LogP contribution in [0.2, 0.25) is 0 Å². The fourth-order valence-corrected chi connectivity index (χ4v) is 8.09. The van der Waals surface area contributed by atoms with Crippen molar-refractivity contribution in [2.75, 3.05) is 0 Å². The molecule has 2 heterocycles. The van der Waals surface area contributed by atoms with Crippen LogP contribution in [0.1, 0.15) is 22.6 Å². The number of benzene rings is 6. The van der Waals surface area contributed by atoms with Gasteiger partial charge in [0.05, 0.1) is 0 Å². The summed E-state index contributed by atoms with van der Waals surface area (Å²) in [4.78, 5) is 3.74. The van der Waals surface area contributed by atoms with Crippen LogP contribution in [0.3, 0.4) is 0 Å². The maximum Gasteiger partial charge on any atom is 0.0478 e. The number of thiophene rings is 1. The van der Waals surface area contributed by atoms with Crippen LogP contribution in [0.25, 0.3) is 64.2 Å². The molecule has 0 bridgehead atoms. The first-order valence-corrected chi connectivity index (χ1v) is 14.3. The van der Waals surface area contributed by atoms with Gasteiger partial charge in [0.15, 0.2) is 0 Å². The van der Waals surface area contributed by atoms with Crippen LogP contribution in [0.4, 0.5) is 0 Å². The van der Waals surface area contributed by atoms with E-state index in [4.69, 9.17) is 0 Å². The van der Waals surface area contributed by atoms with Gasteiger partial charge in [-0.1, -0.05) is 103 Å². The van der Waals surface area contributed by atoms with E-state index in [0.717, 1.165) is 0 Å². The van der Waals surface area contributed by atoms with Crippen LogP contribution in [0.15, 0.2) is 127 Å². The van der Waals surface area contributed by atoms with E-state index in [9.17, 15) is 0 Å². The van der Waals surface area contributed by atoms with Crippen LogP contribution < -0.4 is 0 Å². The summed E-state index contributed by atoms with van der Waals surface area (Å²) in [5.74, 6) is 0.264. The van der Waals surface area contributed by atoms with Crippen LogP contribution in [-0.4, -0.2) is 4.98 Å². The standard InChI is InChI=1S/C37H23NS/c1-2-10-22(11-3-1)34-26-14-5-4-12-24(26)29-20-23(18-19-27(29)34)35-36-28-15-6-8-16-31(28)38-32(36)21-30-25-13-7-9-17-33(25)39-37(30)35/h1-21,34,38H. The number of rotatable bonds is 2. The number of fused-ring (bicyclic) bond motifs is 9. The monoisotopic (exact) mass is 513 g/mol. The highest BCUT2D eigenvalue weighted by molar-refractivity contribution is 7.26. The topological polar surface area (TPSA) is 15.8 Å². The quantitative estimate of drug-likeness (QED) is 0.237. The molecule has 6 aromatic carbocycles. The van der Waals surface area contributed by atoms with Gasteiger partial charge in [0.2, 0.25) is 0 Å². The van der Waals surface area contributed by atoms with Gasteiger partial charge in [-0.25, -0.2) is 0 Å². The normalized spacial score (nSPS) is 14.4. The molecule has 0 amide bonds. The average molecular weight is 514 g/mol. The molecule has 1 aliphatic carbocycles. The first-order valence-electron chi connectivity index (χ1n) is 13.5. The van der Waals surface area contributed by atoms with Crippen molar-refractivity contribution in [1.29, 1.82) is 0 Å². The van der Waals surface area contributed by atoms with Crippen molar-refractivity contribution in [2.45, 2.75) is 5.92 Å². The zero-order chi connectivity index (χ0) is 25.5. The summed E-state index contributed by atoms with van der Waals surface area (Å²) in [5.41, 5.74) is 11.8. The smallest absolute Gasteiger partial charge is 0.0478 e. The van der Waals surface area contributed by atoms with Crippen LogP contribution >= 0.6 is 11.3 Å². The molecule has 1 nitrogen and oxygen atoms in total. The Kier molecular flexibility index (Phi) is 4.33. The molecule has 1 unspecified atom stereocenters. The zero-order valence-electron chi connectivity index (χ0n) is 21.1. The first-order chi connectivity index (χ1) is 19.3. The Labute approximate surface area is 230 Å². The molecule has 0 spiro atoms. The summed E-state index contributed by atoms with van der Waals surface area (Å²) in [6.45, 7) is 0. The third-order valence-corrected chi connectivity index (χ3v) is 9.69. The molecule has 0 saturated carbocycles. The lowest BCUT2D eigenvalue weighted by molar-refractivity contribution is 1.02. The summed E-state index contributed by atoms with van der Waals surface area (Å²) in [6, 6.07) is 47.0. The lowest BCUT2D eigenvalue weighted by Gasteiger charge is -2.15. The molecule has 39 heavy (non-hydrogen) atoms. The molecule has 0 radical (unpaired) electrons. The molecule has 1 atom stereocenters. The number of aromatic amines is 1. The van der Waals surface area contributed by atoms with E-state index >= 15 is 0 Å². The number of hydrogen-bond acceptors (Lipinski definition) is 1. The largest absolute Gasteiger partial charge is 0.354 e. The Morgan fingerprint density at radius 3 is 2.21 bits per heavy atom. The van der Waals surface area contributed by atoms with E-state index in [1.807, 2.05) is 11.3 Å². The summed E-state index contributed by atoms with van der Waals surface area (Å²) in [5, 5.41) is 5.25. The first kappa shape index (κ1) is 21.3. The number of nitrogens with one attached hydrogen (secondary N) is 1. The zero-order valence-corrected chi connectivity index (χ0v) is 21.9. The molecule has 2 aromatic heterocycles. The van der Waals surface area contributed by atoms with E-state index in [1.165, 1.54) is 80.9 Å². The second-order valence-corrected chi connectivity index (χ2v) is 11.6. The van der Waals surface area contributed by atoms with Crippen LogP contribution in [0, 0.1) is 0 Å². The molecular weight excluding hydrogens is 490 g/mol.